The lowest BCUT2D eigenvalue weighted by atomic mass is 10.1. The fourth-order valence-electron chi connectivity index (χ4n) is 3.40. The average Bonchev–Trinajstić information content (AvgIpc) is 2.72. The minimum Gasteiger partial charge on any atom is -0.496 e. The van der Waals surface area contributed by atoms with Gasteiger partial charge in [0.15, 0.2) is 0 Å². The third-order valence-electron chi connectivity index (χ3n) is 4.93. The molecule has 0 aromatic heterocycles. The Bertz CT molecular complexity index is 972. The van der Waals surface area contributed by atoms with Gasteiger partial charge < -0.3 is 10.1 Å². The number of carbonyl (C=O) groups is 1. The predicted molar refractivity (Wildman–Crippen MR) is 109 cm³/mol. The van der Waals surface area contributed by atoms with Crippen molar-refractivity contribution in [2.75, 3.05) is 25.5 Å². The summed E-state index contributed by atoms with van der Waals surface area (Å²) in [6.45, 7) is 1.06. The summed E-state index contributed by atoms with van der Waals surface area (Å²) in [5.74, 6) is -0.191. The second-order valence-corrected chi connectivity index (χ2v) is 8.93. The van der Waals surface area contributed by atoms with Gasteiger partial charge in [-0.15, -0.1) is 0 Å². The van der Waals surface area contributed by atoms with Crippen LogP contribution < -0.4 is 10.1 Å². The molecule has 1 aliphatic rings. The van der Waals surface area contributed by atoms with Crippen molar-refractivity contribution in [2.45, 2.75) is 37.0 Å². The van der Waals surface area contributed by atoms with E-state index in [1.54, 1.807) is 24.3 Å². The standard InChI is InChI=1S/C21H25FN2O4S/c1-28-20-10-9-19(29(26,27)24-12-3-2-4-13-24)14-16(20)8-11-21(25)23-18-7-5-6-17(22)15-18/h5-7,9-10,14-15H,2-4,8,11-13H2,1H3,(H,23,25). The Kier molecular flexibility index (Phi) is 6.87. The smallest absolute Gasteiger partial charge is 0.243 e. The Morgan fingerprint density at radius 1 is 1.14 bits per heavy atom. The fraction of sp³-hybridized carbons (Fsp3) is 0.381. The monoisotopic (exact) mass is 420 g/mol. The maximum absolute atomic E-state index is 13.2. The van der Waals surface area contributed by atoms with Crippen LogP contribution in [0.1, 0.15) is 31.2 Å². The number of aryl methyl sites for hydroxylation is 1. The Morgan fingerprint density at radius 3 is 2.59 bits per heavy atom. The van der Waals surface area contributed by atoms with Crippen molar-refractivity contribution in [3.63, 3.8) is 0 Å². The molecule has 29 heavy (non-hydrogen) atoms. The van der Waals surface area contributed by atoms with Crippen molar-refractivity contribution >= 4 is 21.6 Å². The average molecular weight is 421 g/mol. The highest BCUT2D eigenvalue weighted by atomic mass is 32.2. The summed E-state index contributed by atoms with van der Waals surface area (Å²) in [4.78, 5) is 12.4. The van der Waals surface area contributed by atoms with Crippen molar-refractivity contribution in [2.24, 2.45) is 0 Å². The van der Waals surface area contributed by atoms with Gasteiger partial charge in [-0.1, -0.05) is 12.5 Å². The minimum atomic E-state index is -3.57. The number of anilines is 1. The van der Waals surface area contributed by atoms with Crippen LogP contribution in [0.2, 0.25) is 0 Å². The van der Waals surface area contributed by atoms with Gasteiger partial charge in [-0.05, 0) is 61.2 Å². The van der Waals surface area contributed by atoms with Crippen molar-refractivity contribution in [3.8, 4) is 5.75 Å². The Balaban J connectivity index is 1.72. The van der Waals surface area contributed by atoms with Crippen molar-refractivity contribution in [1.82, 2.24) is 4.31 Å². The summed E-state index contributed by atoms with van der Waals surface area (Å²) in [6, 6.07) is 10.4. The number of amides is 1. The van der Waals surface area contributed by atoms with Crippen LogP contribution in [-0.4, -0.2) is 38.8 Å². The van der Waals surface area contributed by atoms with Crippen LogP contribution >= 0.6 is 0 Å². The molecule has 1 fully saturated rings. The molecule has 2 aromatic carbocycles. The molecule has 0 unspecified atom stereocenters. The van der Waals surface area contributed by atoms with Gasteiger partial charge in [-0.3, -0.25) is 4.79 Å². The van der Waals surface area contributed by atoms with E-state index in [4.69, 9.17) is 4.74 Å². The van der Waals surface area contributed by atoms with Gasteiger partial charge in [0.2, 0.25) is 15.9 Å². The molecule has 1 aliphatic heterocycles. The van der Waals surface area contributed by atoms with E-state index in [1.807, 2.05) is 0 Å². The first kappa shape index (κ1) is 21.3. The molecular formula is C21H25FN2O4S. The molecule has 1 heterocycles. The van der Waals surface area contributed by atoms with Crippen LogP contribution in [0.15, 0.2) is 47.4 Å². The molecule has 0 radical (unpaired) electrons. The van der Waals surface area contributed by atoms with Gasteiger partial charge in [-0.2, -0.15) is 4.31 Å². The van der Waals surface area contributed by atoms with Gasteiger partial charge >= 0.3 is 0 Å². The summed E-state index contributed by atoms with van der Waals surface area (Å²) in [5.41, 5.74) is 1.02. The summed E-state index contributed by atoms with van der Waals surface area (Å²) in [7, 11) is -2.06. The van der Waals surface area contributed by atoms with Gasteiger partial charge in [0.05, 0.1) is 12.0 Å². The predicted octanol–water partition coefficient (Wildman–Crippen LogP) is 3.58. The number of methoxy groups -OCH3 is 1. The lowest BCUT2D eigenvalue weighted by Gasteiger charge is -2.26. The largest absolute Gasteiger partial charge is 0.496 e. The fourth-order valence-corrected chi connectivity index (χ4v) is 4.97. The van der Waals surface area contributed by atoms with Crippen LogP contribution in [0.5, 0.6) is 5.75 Å². The van der Waals surface area contributed by atoms with Gasteiger partial charge in [0.25, 0.3) is 0 Å². The zero-order valence-electron chi connectivity index (χ0n) is 16.4. The van der Waals surface area contributed by atoms with E-state index in [2.05, 4.69) is 5.32 Å². The number of sulfonamides is 1. The second kappa shape index (κ2) is 9.37. The molecule has 0 saturated carbocycles. The van der Waals surface area contributed by atoms with E-state index in [-0.39, 0.29) is 17.2 Å². The van der Waals surface area contributed by atoms with Crippen LogP contribution in [0.4, 0.5) is 10.1 Å². The number of halogens is 1. The maximum atomic E-state index is 13.2. The summed E-state index contributed by atoms with van der Waals surface area (Å²) in [6.07, 6.45) is 3.18. The van der Waals surface area contributed by atoms with Gasteiger partial charge in [-0.25, -0.2) is 12.8 Å². The van der Waals surface area contributed by atoms with Crippen molar-refractivity contribution in [3.05, 3.63) is 53.8 Å². The number of ether oxygens (including phenoxy) is 1. The lowest BCUT2D eigenvalue weighted by Crippen LogP contribution is -2.35. The third kappa shape index (κ3) is 5.33. The number of carbonyl (C=O) groups excluding carboxylic acids is 1. The van der Waals surface area contributed by atoms with E-state index in [1.165, 1.54) is 29.6 Å². The summed E-state index contributed by atoms with van der Waals surface area (Å²) >= 11 is 0. The number of rotatable bonds is 7. The molecule has 2 aromatic rings. The van der Waals surface area contributed by atoms with Crippen molar-refractivity contribution in [1.29, 1.82) is 0 Å². The molecule has 6 nitrogen and oxygen atoms in total. The molecule has 156 valence electrons. The molecule has 1 N–H and O–H groups in total. The SMILES string of the molecule is COc1ccc(S(=O)(=O)N2CCCCC2)cc1CCC(=O)Nc1cccc(F)c1. The van der Waals surface area contributed by atoms with Gasteiger partial charge in [0, 0.05) is 25.2 Å². The number of nitrogens with one attached hydrogen (secondary N) is 1. The second-order valence-electron chi connectivity index (χ2n) is 7.00. The molecular weight excluding hydrogens is 395 g/mol. The summed E-state index contributed by atoms with van der Waals surface area (Å²) in [5, 5.41) is 2.64. The number of hydrogen-bond acceptors (Lipinski definition) is 4. The maximum Gasteiger partial charge on any atom is 0.243 e. The zero-order chi connectivity index (χ0) is 20.9. The molecule has 1 saturated heterocycles. The normalized spacial score (nSPS) is 15.1. The van der Waals surface area contributed by atoms with E-state index >= 15 is 0 Å². The first-order chi connectivity index (χ1) is 13.9. The van der Waals surface area contributed by atoms with E-state index in [9.17, 15) is 17.6 Å². The third-order valence-corrected chi connectivity index (χ3v) is 6.83. The number of nitrogens with zero attached hydrogens (tertiary/aromatic N) is 1. The van der Waals surface area contributed by atoms with Crippen LogP contribution in [0, 0.1) is 5.82 Å². The Labute approximate surface area is 170 Å². The van der Waals surface area contributed by atoms with Crippen LogP contribution in [-0.2, 0) is 21.2 Å². The van der Waals surface area contributed by atoms with E-state index in [0.29, 0.717) is 36.5 Å². The molecule has 0 bridgehead atoms. The highest BCUT2D eigenvalue weighted by Crippen LogP contribution is 2.27. The van der Waals surface area contributed by atoms with Crippen LogP contribution in [0.25, 0.3) is 0 Å². The molecule has 1 amide bonds. The molecule has 8 heteroatoms. The Hall–Kier alpha value is -2.45. The number of benzene rings is 2. The highest BCUT2D eigenvalue weighted by Gasteiger charge is 2.26. The summed E-state index contributed by atoms with van der Waals surface area (Å²) < 4.78 is 45.9. The lowest BCUT2D eigenvalue weighted by molar-refractivity contribution is -0.116. The Morgan fingerprint density at radius 2 is 1.90 bits per heavy atom. The van der Waals surface area contributed by atoms with E-state index in [0.717, 1.165) is 19.3 Å². The molecule has 3 rings (SSSR count). The topological polar surface area (TPSA) is 75.7 Å². The quantitative estimate of drug-likeness (QED) is 0.743. The zero-order valence-corrected chi connectivity index (χ0v) is 17.2. The van der Waals surface area contributed by atoms with Crippen LogP contribution in [0.3, 0.4) is 0 Å². The first-order valence-electron chi connectivity index (χ1n) is 9.62. The van der Waals surface area contributed by atoms with Gasteiger partial charge in [0.1, 0.15) is 11.6 Å². The molecule has 0 spiro atoms. The molecule has 0 atom stereocenters. The number of piperidine rings is 1. The number of hydrogen-bond donors (Lipinski definition) is 1. The van der Waals surface area contributed by atoms with E-state index < -0.39 is 15.8 Å². The minimum absolute atomic E-state index is 0.111. The highest BCUT2D eigenvalue weighted by molar-refractivity contribution is 7.89. The first-order valence-corrected chi connectivity index (χ1v) is 11.1. The molecule has 0 aliphatic carbocycles. The van der Waals surface area contributed by atoms with Crippen molar-refractivity contribution < 1.29 is 22.3 Å².